The summed E-state index contributed by atoms with van der Waals surface area (Å²) in [5, 5.41) is 4.60. The minimum absolute atomic E-state index is 0.760. The van der Waals surface area contributed by atoms with Gasteiger partial charge in [0.05, 0.1) is 13.2 Å². The Morgan fingerprint density at radius 3 is 2.70 bits per heavy atom. The van der Waals surface area contributed by atoms with Crippen molar-refractivity contribution in [2.75, 3.05) is 13.2 Å². The Kier molecular flexibility index (Phi) is 5.48. The van der Waals surface area contributed by atoms with E-state index in [0.29, 0.717) is 0 Å². The molecule has 0 bridgehead atoms. The number of fused-ring (bicyclic) bond motifs is 1. The smallest absolute Gasteiger partial charge is 0.134 e. The van der Waals surface area contributed by atoms with E-state index in [-0.39, 0.29) is 0 Å². The number of hydrogen-bond donors (Lipinski definition) is 1. The molecular formula is C17H25NO2. The Labute approximate surface area is 121 Å². The van der Waals surface area contributed by atoms with Gasteiger partial charge in [0.2, 0.25) is 0 Å². The van der Waals surface area contributed by atoms with Crippen molar-refractivity contribution >= 4 is 11.0 Å². The summed E-state index contributed by atoms with van der Waals surface area (Å²) in [7, 11) is 0. The van der Waals surface area contributed by atoms with Crippen LogP contribution >= 0.6 is 0 Å². The molecule has 0 amide bonds. The van der Waals surface area contributed by atoms with E-state index < -0.39 is 0 Å². The molecule has 0 unspecified atom stereocenters. The number of ether oxygens (including phenoxy) is 1. The first-order valence-electron chi connectivity index (χ1n) is 7.67. The quantitative estimate of drug-likeness (QED) is 0.730. The van der Waals surface area contributed by atoms with E-state index >= 15 is 0 Å². The normalized spacial score (nSPS) is 11.2. The van der Waals surface area contributed by atoms with Crippen molar-refractivity contribution in [3.05, 3.63) is 29.5 Å². The molecule has 1 heterocycles. The highest BCUT2D eigenvalue weighted by Crippen LogP contribution is 2.30. The summed E-state index contributed by atoms with van der Waals surface area (Å²) in [4.78, 5) is 0. The Balaban J connectivity index is 2.26. The van der Waals surface area contributed by atoms with Crippen LogP contribution in [0.3, 0.4) is 0 Å². The zero-order valence-electron chi connectivity index (χ0n) is 12.8. The van der Waals surface area contributed by atoms with Crippen LogP contribution in [0, 0.1) is 0 Å². The van der Waals surface area contributed by atoms with Crippen molar-refractivity contribution in [2.45, 2.75) is 46.6 Å². The molecule has 1 aromatic heterocycles. The molecule has 0 saturated carbocycles. The third kappa shape index (κ3) is 3.34. The maximum absolute atomic E-state index is 5.98. The van der Waals surface area contributed by atoms with Crippen LogP contribution in [-0.2, 0) is 13.0 Å². The van der Waals surface area contributed by atoms with Gasteiger partial charge in [0.15, 0.2) is 0 Å². The minimum Gasteiger partial charge on any atom is -0.494 e. The van der Waals surface area contributed by atoms with Gasteiger partial charge in [0.25, 0.3) is 0 Å². The monoisotopic (exact) mass is 275 g/mol. The van der Waals surface area contributed by atoms with Crippen LogP contribution in [0.15, 0.2) is 22.6 Å². The molecule has 1 aromatic carbocycles. The molecular weight excluding hydrogens is 250 g/mol. The molecule has 0 aliphatic rings. The highest BCUT2D eigenvalue weighted by atomic mass is 16.5. The largest absolute Gasteiger partial charge is 0.494 e. The van der Waals surface area contributed by atoms with Gasteiger partial charge < -0.3 is 14.5 Å². The fourth-order valence-corrected chi connectivity index (χ4v) is 2.40. The van der Waals surface area contributed by atoms with Gasteiger partial charge in [0.1, 0.15) is 17.1 Å². The van der Waals surface area contributed by atoms with E-state index in [1.165, 1.54) is 10.9 Å². The maximum atomic E-state index is 5.98. The molecule has 2 aromatic rings. The average molecular weight is 275 g/mol. The number of rotatable bonds is 8. The number of benzene rings is 1. The van der Waals surface area contributed by atoms with Crippen LogP contribution in [0.5, 0.6) is 5.75 Å². The number of furan rings is 1. The Morgan fingerprint density at radius 1 is 1.15 bits per heavy atom. The van der Waals surface area contributed by atoms with Crippen LogP contribution in [0.25, 0.3) is 11.0 Å². The molecule has 0 aliphatic carbocycles. The third-order valence-electron chi connectivity index (χ3n) is 3.38. The lowest BCUT2D eigenvalue weighted by atomic mass is 10.1. The summed E-state index contributed by atoms with van der Waals surface area (Å²) in [6.07, 6.45) is 3.14. The van der Waals surface area contributed by atoms with Gasteiger partial charge in [-0.1, -0.05) is 20.8 Å². The summed E-state index contributed by atoms with van der Waals surface area (Å²) in [5.41, 5.74) is 2.25. The standard InChI is InChI=1S/C17H25NO2/c1-4-9-18-12-17-14(6-3)15-11-13(19-10-5-2)7-8-16(15)20-17/h7-8,11,18H,4-6,9-10,12H2,1-3H3. The van der Waals surface area contributed by atoms with Crippen LogP contribution < -0.4 is 10.1 Å². The van der Waals surface area contributed by atoms with Gasteiger partial charge in [-0.05, 0) is 44.0 Å². The predicted octanol–water partition coefficient (Wildman–Crippen LogP) is 4.28. The fourth-order valence-electron chi connectivity index (χ4n) is 2.40. The fraction of sp³-hybridized carbons (Fsp3) is 0.529. The van der Waals surface area contributed by atoms with E-state index in [9.17, 15) is 0 Å². The molecule has 2 rings (SSSR count). The summed E-state index contributed by atoms with van der Waals surface area (Å²) >= 11 is 0. The maximum Gasteiger partial charge on any atom is 0.134 e. The second kappa shape index (κ2) is 7.34. The predicted molar refractivity (Wildman–Crippen MR) is 83.4 cm³/mol. The second-order valence-electron chi connectivity index (χ2n) is 5.04. The molecule has 0 aliphatic heterocycles. The van der Waals surface area contributed by atoms with Gasteiger partial charge >= 0.3 is 0 Å². The first kappa shape index (κ1) is 14.9. The molecule has 3 heteroatoms. The highest BCUT2D eigenvalue weighted by Gasteiger charge is 2.13. The average Bonchev–Trinajstić information content (AvgIpc) is 2.82. The molecule has 0 spiro atoms. The molecule has 20 heavy (non-hydrogen) atoms. The zero-order valence-corrected chi connectivity index (χ0v) is 12.8. The van der Waals surface area contributed by atoms with Crippen LogP contribution in [0.1, 0.15) is 44.9 Å². The highest BCUT2D eigenvalue weighted by molar-refractivity contribution is 5.83. The van der Waals surface area contributed by atoms with Crippen LogP contribution in [-0.4, -0.2) is 13.2 Å². The van der Waals surface area contributed by atoms with Crippen molar-refractivity contribution in [1.29, 1.82) is 0 Å². The lowest BCUT2D eigenvalue weighted by Gasteiger charge is -2.04. The second-order valence-corrected chi connectivity index (χ2v) is 5.04. The van der Waals surface area contributed by atoms with Gasteiger partial charge in [0, 0.05) is 10.9 Å². The van der Waals surface area contributed by atoms with E-state index in [1.54, 1.807) is 0 Å². The lowest BCUT2D eigenvalue weighted by Crippen LogP contribution is -2.14. The van der Waals surface area contributed by atoms with Gasteiger partial charge in [-0.25, -0.2) is 0 Å². The van der Waals surface area contributed by atoms with Crippen molar-refractivity contribution in [2.24, 2.45) is 0 Å². The summed E-state index contributed by atoms with van der Waals surface area (Å²) < 4.78 is 11.7. The van der Waals surface area contributed by atoms with Crippen LogP contribution in [0.2, 0.25) is 0 Å². The third-order valence-corrected chi connectivity index (χ3v) is 3.38. The number of nitrogens with one attached hydrogen (secondary N) is 1. The van der Waals surface area contributed by atoms with E-state index in [4.69, 9.17) is 9.15 Å². The molecule has 0 radical (unpaired) electrons. The zero-order chi connectivity index (χ0) is 14.4. The topological polar surface area (TPSA) is 34.4 Å². The number of hydrogen-bond acceptors (Lipinski definition) is 3. The van der Waals surface area contributed by atoms with Crippen LogP contribution in [0.4, 0.5) is 0 Å². The Morgan fingerprint density at radius 2 is 2.00 bits per heavy atom. The van der Waals surface area contributed by atoms with Gasteiger partial charge in [-0.3, -0.25) is 0 Å². The van der Waals surface area contributed by atoms with Crippen molar-refractivity contribution < 1.29 is 9.15 Å². The van der Waals surface area contributed by atoms with E-state index in [2.05, 4.69) is 32.2 Å². The SMILES string of the molecule is CCCNCc1oc2ccc(OCCC)cc2c1CC. The molecule has 3 nitrogen and oxygen atoms in total. The van der Waals surface area contributed by atoms with Crippen molar-refractivity contribution in [1.82, 2.24) is 5.32 Å². The molecule has 0 fully saturated rings. The summed E-state index contributed by atoms with van der Waals surface area (Å²) in [5.74, 6) is 1.99. The number of aryl methyl sites for hydroxylation is 1. The summed E-state index contributed by atoms with van der Waals surface area (Å²) in [6, 6.07) is 6.11. The lowest BCUT2D eigenvalue weighted by molar-refractivity contribution is 0.318. The van der Waals surface area contributed by atoms with E-state index in [1.807, 2.05) is 12.1 Å². The van der Waals surface area contributed by atoms with Gasteiger partial charge in [-0.15, -0.1) is 0 Å². The summed E-state index contributed by atoms with van der Waals surface area (Å²) in [6.45, 7) is 9.04. The minimum atomic E-state index is 0.760. The Bertz CT molecular complexity index is 545. The molecule has 1 N–H and O–H groups in total. The first-order chi connectivity index (χ1) is 9.80. The van der Waals surface area contributed by atoms with Crippen molar-refractivity contribution in [3.63, 3.8) is 0 Å². The first-order valence-corrected chi connectivity index (χ1v) is 7.67. The Hall–Kier alpha value is -1.48. The van der Waals surface area contributed by atoms with E-state index in [0.717, 1.165) is 56.1 Å². The molecule has 110 valence electrons. The molecule has 0 atom stereocenters. The molecule has 0 saturated heterocycles. The van der Waals surface area contributed by atoms with Gasteiger partial charge in [-0.2, -0.15) is 0 Å². The van der Waals surface area contributed by atoms with Crippen molar-refractivity contribution in [3.8, 4) is 5.75 Å².